The first-order valence-corrected chi connectivity index (χ1v) is 7.71. The zero-order valence-electron chi connectivity index (χ0n) is 12.2. The summed E-state index contributed by atoms with van der Waals surface area (Å²) in [6.45, 7) is 4.00. The van der Waals surface area contributed by atoms with Gasteiger partial charge in [0.1, 0.15) is 6.61 Å². The number of carboxylic acids is 1. The van der Waals surface area contributed by atoms with E-state index in [4.69, 9.17) is 4.74 Å². The quantitative estimate of drug-likeness (QED) is 0.853. The number of nitrogens with zero attached hydrogens (tertiary/aromatic N) is 1. The first-order chi connectivity index (χ1) is 10.0. The van der Waals surface area contributed by atoms with E-state index in [0.29, 0.717) is 11.4 Å². The van der Waals surface area contributed by atoms with Crippen molar-refractivity contribution in [3.8, 4) is 5.88 Å². The molecule has 0 radical (unpaired) electrons. The monoisotopic (exact) mass is 303 g/mol. The van der Waals surface area contributed by atoms with E-state index in [1.54, 1.807) is 12.1 Å². The van der Waals surface area contributed by atoms with Crippen LogP contribution in [-0.4, -0.2) is 22.3 Å². The van der Waals surface area contributed by atoms with E-state index >= 15 is 0 Å². The number of pyridine rings is 1. The Balaban J connectivity index is 2.31. The zero-order valence-corrected chi connectivity index (χ0v) is 13.0. The number of hydrogen-bond donors (Lipinski definition) is 1. The van der Waals surface area contributed by atoms with E-state index in [-0.39, 0.29) is 12.2 Å². The van der Waals surface area contributed by atoms with E-state index < -0.39 is 5.97 Å². The molecule has 0 saturated heterocycles. The van der Waals surface area contributed by atoms with Crippen LogP contribution in [-0.2, 0) is 6.61 Å². The van der Waals surface area contributed by atoms with E-state index in [1.807, 2.05) is 38.3 Å². The second-order valence-corrected chi connectivity index (χ2v) is 5.50. The van der Waals surface area contributed by atoms with Crippen LogP contribution in [0.3, 0.4) is 0 Å². The van der Waals surface area contributed by atoms with Crippen molar-refractivity contribution in [2.24, 2.45) is 0 Å². The minimum Gasteiger partial charge on any atom is -0.478 e. The molecule has 1 aromatic carbocycles. The lowest BCUT2D eigenvalue weighted by atomic mass is 10.1. The number of carbonyl (C=O) groups is 1. The van der Waals surface area contributed by atoms with Gasteiger partial charge >= 0.3 is 5.97 Å². The summed E-state index contributed by atoms with van der Waals surface area (Å²) in [4.78, 5) is 16.6. The molecule has 2 aromatic rings. The highest BCUT2D eigenvalue weighted by Gasteiger charge is 2.15. The Kier molecular flexibility index (Phi) is 4.85. The maximum absolute atomic E-state index is 11.3. The molecular weight excluding hydrogens is 286 g/mol. The fraction of sp³-hybridized carbons (Fsp3) is 0.250. The minimum atomic E-state index is -0.946. The molecule has 110 valence electrons. The van der Waals surface area contributed by atoms with Gasteiger partial charge in [0.15, 0.2) is 0 Å². The molecule has 0 spiro atoms. The lowest BCUT2D eigenvalue weighted by Crippen LogP contribution is -2.08. The van der Waals surface area contributed by atoms with Gasteiger partial charge in [-0.2, -0.15) is 0 Å². The van der Waals surface area contributed by atoms with Crippen LogP contribution in [0.15, 0.2) is 35.2 Å². The molecule has 0 aliphatic carbocycles. The Morgan fingerprint density at radius 1 is 1.29 bits per heavy atom. The third-order valence-electron chi connectivity index (χ3n) is 3.13. The van der Waals surface area contributed by atoms with Crippen molar-refractivity contribution in [2.75, 3.05) is 6.26 Å². The lowest BCUT2D eigenvalue weighted by molar-refractivity contribution is 0.0693. The van der Waals surface area contributed by atoms with Crippen molar-refractivity contribution in [3.05, 3.63) is 52.7 Å². The standard InChI is InChI=1S/C16H17NO3S/c1-10-7-8-11(2)17-15(10)20-9-13-12(16(18)19)5-4-6-14(13)21-3/h4-8H,9H2,1-3H3,(H,18,19). The summed E-state index contributed by atoms with van der Waals surface area (Å²) >= 11 is 1.51. The number of ether oxygens (including phenoxy) is 1. The van der Waals surface area contributed by atoms with Gasteiger partial charge in [0.05, 0.1) is 5.56 Å². The van der Waals surface area contributed by atoms with Gasteiger partial charge in [0.2, 0.25) is 5.88 Å². The highest BCUT2D eigenvalue weighted by atomic mass is 32.2. The van der Waals surface area contributed by atoms with Crippen molar-refractivity contribution < 1.29 is 14.6 Å². The summed E-state index contributed by atoms with van der Waals surface area (Å²) in [6, 6.07) is 9.09. The lowest BCUT2D eigenvalue weighted by Gasteiger charge is -2.13. The Morgan fingerprint density at radius 3 is 2.71 bits per heavy atom. The van der Waals surface area contributed by atoms with Crippen molar-refractivity contribution in [3.63, 3.8) is 0 Å². The van der Waals surface area contributed by atoms with Gasteiger partial charge in [0.25, 0.3) is 0 Å². The molecule has 0 unspecified atom stereocenters. The van der Waals surface area contributed by atoms with Crippen LogP contribution in [0, 0.1) is 13.8 Å². The molecule has 0 amide bonds. The van der Waals surface area contributed by atoms with Gasteiger partial charge in [-0.15, -0.1) is 11.8 Å². The minimum absolute atomic E-state index is 0.190. The van der Waals surface area contributed by atoms with Gasteiger partial charge in [-0.05, 0) is 38.3 Å². The van der Waals surface area contributed by atoms with Gasteiger partial charge in [-0.3, -0.25) is 0 Å². The molecule has 5 heteroatoms. The molecule has 0 aliphatic heterocycles. The van der Waals surface area contributed by atoms with Crippen LogP contribution >= 0.6 is 11.8 Å². The van der Waals surface area contributed by atoms with Gasteiger partial charge < -0.3 is 9.84 Å². The Morgan fingerprint density at radius 2 is 2.05 bits per heavy atom. The Hall–Kier alpha value is -2.01. The van der Waals surface area contributed by atoms with Gasteiger partial charge in [-0.25, -0.2) is 9.78 Å². The molecule has 0 bridgehead atoms. The molecule has 0 atom stereocenters. The second-order valence-electron chi connectivity index (χ2n) is 4.65. The van der Waals surface area contributed by atoms with Crippen molar-refractivity contribution in [1.82, 2.24) is 4.98 Å². The van der Waals surface area contributed by atoms with Crippen LogP contribution in [0.1, 0.15) is 27.2 Å². The first-order valence-electron chi connectivity index (χ1n) is 6.49. The van der Waals surface area contributed by atoms with Crippen LogP contribution < -0.4 is 4.74 Å². The van der Waals surface area contributed by atoms with Crippen LogP contribution in [0.4, 0.5) is 0 Å². The molecule has 0 fully saturated rings. The summed E-state index contributed by atoms with van der Waals surface area (Å²) in [5, 5.41) is 9.30. The Labute approximate surface area is 128 Å². The summed E-state index contributed by atoms with van der Waals surface area (Å²) in [5.74, 6) is -0.402. The summed E-state index contributed by atoms with van der Waals surface area (Å²) in [5.41, 5.74) is 2.75. The number of aryl methyl sites for hydroxylation is 2. The van der Waals surface area contributed by atoms with Crippen molar-refractivity contribution in [2.45, 2.75) is 25.3 Å². The van der Waals surface area contributed by atoms with Crippen LogP contribution in [0.25, 0.3) is 0 Å². The maximum atomic E-state index is 11.3. The molecule has 1 N–H and O–H groups in total. The number of aromatic nitrogens is 1. The topological polar surface area (TPSA) is 59.4 Å². The number of rotatable bonds is 5. The highest BCUT2D eigenvalue weighted by molar-refractivity contribution is 7.98. The molecule has 4 nitrogen and oxygen atoms in total. The average Bonchev–Trinajstić information content (AvgIpc) is 2.47. The van der Waals surface area contributed by atoms with Gasteiger partial charge in [0, 0.05) is 21.7 Å². The fourth-order valence-electron chi connectivity index (χ4n) is 2.00. The molecule has 21 heavy (non-hydrogen) atoms. The largest absolute Gasteiger partial charge is 0.478 e. The summed E-state index contributed by atoms with van der Waals surface area (Å²) in [7, 11) is 0. The first kappa shape index (κ1) is 15.4. The number of thioether (sulfide) groups is 1. The molecule has 1 heterocycles. The van der Waals surface area contributed by atoms with E-state index in [9.17, 15) is 9.90 Å². The smallest absolute Gasteiger partial charge is 0.336 e. The summed E-state index contributed by atoms with van der Waals surface area (Å²) < 4.78 is 5.75. The number of carboxylic acid groups (broad SMARTS) is 1. The molecule has 1 aromatic heterocycles. The summed E-state index contributed by atoms with van der Waals surface area (Å²) in [6.07, 6.45) is 1.92. The zero-order chi connectivity index (χ0) is 15.4. The predicted molar refractivity (Wildman–Crippen MR) is 83.2 cm³/mol. The molecule has 0 saturated carbocycles. The molecule has 2 rings (SSSR count). The van der Waals surface area contributed by atoms with Crippen molar-refractivity contribution >= 4 is 17.7 Å². The molecular formula is C16H17NO3S. The molecule has 0 aliphatic rings. The predicted octanol–water partition coefficient (Wildman–Crippen LogP) is 3.70. The number of aromatic carboxylic acids is 1. The van der Waals surface area contributed by atoms with Crippen LogP contribution in [0.5, 0.6) is 5.88 Å². The fourth-order valence-corrected chi connectivity index (χ4v) is 2.63. The second kappa shape index (κ2) is 6.63. The third-order valence-corrected chi connectivity index (χ3v) is 3.95. The van der Waals surface area contributed by atoms with E-state index in [2.05, 4.69) is 4.98 Å². The SMILES string of the molecule is CSc1cccc(C(=O)O)c1COc1nc(C)ccc1C. The normalized spacial score (nSPS) is 10.4. The van der Waals surface area contributed by atoms with Crippen molar-refractivity contribution in [1.29, 1.82) is 0 Å². The Bertz CT molecular complexity index is 671. The van der Waals surface area contributed by atoms with Crippen LogP contribution in [0.2, 0.25) is 0 Å². The third kappa shape index (κ3) is 3.55. The van der Waals surface area contributed by atoms with E-state index in [0.717, 1.165) is 16.2 Å². The number of hydrogen-bond acceptors (Lipinski definition) is 4. The highest BCUT2D eigenvalue weighted by Crippen LogP contribution is 2.26. The maximum Gasteiger partial charge on any atom is 0.336 e. The average molecular weight is 303 g/mol. The van der Waals surface area contributed by atoms with Gasteiger partial charge in [-0.1, -0.05) is 12.1 Å². The van der Waals surface area contributed by atoms with E-state index in [1.165, 1.54) is 11.8 Å². The number of benzene rings is 1.